The summed E-state index contributed by atoms with van der Waals surface area (Å²) in [4.78, 5) is 15.7. The molecule has 1 aromatic carbocycles. The Hall–Kier alpha value is -1.36. The lowest BCUT2D eigenvalue weighted by molar-refractivity contribution is -0.141. The quantitative estimate of drug-likeness (QED) is 0.926. The molecule has 1 aliphatic heterocycles. The monoisotopic (exact) mass is 321 g/mol. The van der Waals surface area contributed by atoms with Crippen molar-refractivity contribution in [3.63, 3.8) is 0 Å². The molecule has 0 amide bonds. The lowest BCUT2D eigenvalue weighted by Gasteiger charge is -2.13. The summed E-state index contributed by atoms with van der Waals surface area (Å²) in [5, 5.41) is 9.78. The normalized spacial score (nSPS) is 19.0. The second-order valence-electron chi connectivity index (χ2n) is 5.33. The fourth-order valence-electron chi connectivity index (χ4n) is 2.63. The van der Waals surface area contributed by atoms with Crippen molar-refractivity contribution in [2.75, 3.05) is 13.1 Å². The highest BCUT2D eigenvalue weighted by Gasteiger charge is 2.27. The number of benzene rings is 1. The summed E-state index contributed by atoms with van der Waals surface area (Å²) in [6.07, 6.45) is 0.755. The molecule has 3 nitrogen and oxygen atoms in total. The van der Waals surface area contributed by atoms with Gasteiger partial charge < -0.3 is 5.11 Å². The maximum absolute atomic E-state index is 11.0. The van der Waals surface area contributed by atoms with Crippen LogP contribution in [0.1, 0.15) is 11.3 Å². The zero-order valence-corrected chi connectivity index (χ0v) is 13.0. The molecule has 0 radical (unpaired) electrons. The molecular weight excluding hydrogens is 306 g/mol. The summed E-state index contributed by atoms with van der Waals surface area (Å²) in [5.41, 5.74) is 1.17. The standard InChI is InChI=1S/C16H16ClNO2S/c17-13-3-1-11(2-4-13)15-6-5-14(21-15)10-18-8-7-12(9-18)16(19)20/h1-6,12H,7-10H2,(H,19,20). The minimum atomic E-state index is -0.675. The van der Waals surface area contributed by atoms with Crippen LogP contribution in [0.15, 0.2) is 36.4 Å². The second kappa shape index (κ2) is 6.18. The van der Waals surface area contributed by atoms with E-state index in [0.717, 1.165) is 24.5 Å². The molecule has 0 saturated carbocycles. The van der Waals surface area contributed by atoms with E-state index in [-0.39, 0.29) is 5.92 Å². The van der Waals surface area contributed by atoms with E-state index in [1.807, 2.05) is 24.3 Å². The van der Waals surface area contributed by atoms with E-state index >= 15 is 0 Å². The predicted molar refractivity (Wildman–Crippen MR) is 85.8 cm³/mol. The van der Waals surface area contributed by atoms with E-state index in [1.165, 1.54) is 15.3 Å². The zero-order valence-electron chi connectivity index (χ0n) is 11.5. The Morgan fingerprint density at radius 2 is 2.05 bits per heavy atom. The smallest absolute Gasteiger partial charge is 0.307 e. The van der Waals surface area contributed by atoms with E-state index in [2.05, 4.69) is 17.0 Å². The molecule has 1 aromatic heterocycles. The first-order chi connectivity index (χ1) is 10.1. The van der Waals surface area contributed by atoms with Crippen molar-refractivity contribution >= 4 is 28.9 Å². The molecule has 110 valence electrons. The van der Waals surface area contributed by atoms with Gasteiger partial charge in [-0.3, -0.25) is 9.69 Å². The van der Waals surface area contributed by atoms with Crippen molar-refractivity contribution in [3.05, 3.63) is 46.3 Å². The maximum Gasteiger partial charge on any atom is 0.307 e. The first-order valence-electron chi connectivity index (χ1n) is 6.91. The van der Waals surface area contributed by atoms with E-state index in [9.17, 15) is 4.79 Å². The van der Waals surface area contributed by atoms with Gasteiger partial charge in [-0.2, -0.15) is 0 Å². The van der Waals surface area contributed by atoms with Crippen LogP contribution in [0.2, 0.25) is 5.02 Å². The van der Waals surface area contributed by atoms with Gasteiger partial charge in [-0.1, -0.05) is 23.7 Å². The number of aliphatic carboxylic acids is 1. The van der Waals surface area contributed by atoms with E-state index in [0.29, 0.717) is 6.54 Å². The van der Waals surface area contributed by atoms with Gasteiger partial charge in [0.05, 0.1) is 5.92 Å². The fourth-order valence-corrected chi connectivity index (χ4v) is 3.81. The molecule has 1 saturated heterocycles. The number of halogens is 1. The van der Waals surface area contributed by atoms with Gasteiger partial charge in [0, 0.05) is 27.9 Å². The summed E-state index contributed by atoms with van der Waals surface area (Å²) in [6.45, 7) is 2.36. The Kier molecular flexibility index (Phi) is 4.29. The first kappa shape index (κ1) is 14.6. The Morgan fingerprint density at radius 3 is 2.71 bits per heavy atom. The van der Waals surface area contributed by atoms with Crippen LogP contribution < -0.4 is 0 Å². The Bertz CT molecular complexity index is 638. The van der Waals surface area contributed by atoms with E-state index in [4.69, 9.17) is 16.7 Å². The van der Waals surface area contributed by atoms with Crippen LogP contribution in [0.25, 0.3) is 10.4 Å². The molecule has 1 fully saturated rings. The SMILES string of the molecule is O=C(O)C1CCN(Cc2ccc(-c3ccc(Cl)cc3)s2)C1. The van der Waals surface area contributed by atoms with Gasteiger partial charge in [-0.15, -0.1) is 11.3 Å². The number of carboxylic acids is 1. The first-order valence-corrected chi connectivity index (χ1v) is 8.11. The van der Waals surface area contributed by atoms with Gasteiger partial charge in [0.15, 0.2) is 0 Å². The molecule has 2 aromatic rings. The molecule has 1 N–H and O–H groups in total. The lowest BCUT2D eigenvalue weighted by Crippen LogP contribution is -2.22. The number of carbonyl (C=O) groups is 1. The topological polar surface area (TPSA) is 40.5 Å². The van der Waals surface area contributed by atoms with Crippen molar-refractivity contribution < 1.29 is 9.90 Å². The molecule has 21 heavy (non-hydrogen) atoms. The van der Waals surface area contributed by atoms with Crippen molar-refractivity contribution in [1.29, 1.82) is 0 Å². The van der Waals surface area contributed by atoms with Gasteiger partial charge in [0.2, 0.25) is 0 Å². The summed E-state index contributed by atoms with van der Waals surface area (Å²) >= 11 is 7.66. The molecule has 1 unspecified atom stereocenters. The number of nitrogens with zero attached hydrogens (tertiary/aromatic N) is 1. The third kappa shape index (κ3) is 3.46. The molecule has 3 rings (SSSR count). The zero-order chi connectivity index (χ0) is 14.8. The highest BCUT2D eigenvalue weighted by molar-refractivity contribution is 7.15. The average Bonchev–Trinajstić information content (AvgIpc) is 3.10. The Labute approximate surface area is 132 Å². The van der Waals surface area contributed by atoms with E-state index in [1.54, 1.807) is 11.3 Å². The maximum atomic E-state index is 11.0. The van der Waals surface area contributed by atoms with Crippen LogP contribution in [0.5, 0.6) is 0 Å². The van der Waals surface area contributed by atoms with E-state index < -0.39 is 5.97 Å². The van der Waals surface area contributed by atoms with Crippen LogP contribution in [0.4, 0.5) is 0 Å². The predicted octanol–water partition coefficient (Wildman–Crippen LogP) is 3.98. The third-order valence-electron chi connectivity index (χ3n) is 3.79. The number of thiophene rings is 1. The summed E-state index contributed by atoms with van der Waals surface area (Å²) in [5.74, 6) is -0.883. The largest absolute Gasteiger partial charge is 0.481 e. The van der Waals surface area contributed by atoms with Gasteiger partial charge in [-0.25, -0.2) is 0 Å². The summed E-state index contributed by atoms with van der Waals surface area (Å²) in [7, 11) is 0. The lowest BCUT2D eigenvalue weighted by atomic mass is 10.1. The minimum Gasteiger partial charge on any atom is -0.481 e. The van der Waals surface area contributed by atoms with Crippen LogP contribution in [-0.4, -0.2) is 29.1 Å². The second-order valence-corrected chi connectivity index (χ2v) is 6.94. The van der Waals surface area contributed by atoms with Crippen molar-refractivity contribution in [3.8, 4) is 10.4 Å². The van der Waals surface area contributed by atoms with Gasteiger partial charge in [0.1, 0.15) is 0 Å². The number of carboxylic acid groups (broad SMARTS) is 1. The van der Waals surface area contributed by atoms with Gasteiger partial charge in [-0.05, 0) is 42.8 Å². The number of hydrogen-bond acceptors (Lipinski definition) is 3. The highest BCUT2D eigenvalue weighted by Crippen LogP contribution is 2.30. The highest BCUT2D eigenvalue weighted by atomic mass is 35.5. The number of rotatable bonds is 4. The molecule has 1 aliphatic rings. The van der Waals surface area contributed by atoms with Crippen LogP contribution in [0.3, 0.4) is 0 Å². The van der Waals surface area contributed by atoms with Crippen LogP contribution in [0, 0.1) is 5.92 Å². The van der Waals surface area contributed by atoms with Crippen molar-refractivity contribution in [2.24, 2.45) is 5.92 Å². The van der Waals surface area contributed by atoms with Crippen LogP contribution in [-0.2, 0) is 11.3 Å². The Balaban J connectivity index is 1.66. The molecular formula is C16H16ClNO2S. The molecule has 5 heteroatoms. The minimum absolute atomic E-state index is 0.208. The number of likely N-dealkylation sites (tertiary alicyclic amines) is 1. The van der Waals surface area contributed by atoms with Crippen molar-refractivity contribution in [1.82, 2.24) is 4.90 Å². The summed E-state index contributed by atoms with van der Waals surface area (Å²) in [6, 6.07) is 12.1. The average molecular weight is 322 g/mol. The Morgan fingerprint density at radius 1 is 1.29 bits per heavy atom. The van der Waals surface area contributed by atoms with Gasteiger partial charge >= 0.3 is 5.97 Å². The van der Waals surface area contributed by atoms with Crippen molar-refractivity contribution in [2.45, 2.75) is 13.0 Å². The van der Waals surface area contributed by atoms with Gasteiger partial charge in [0.25, 0.3) is 0 Å². The molecule has 1 atom stereocenters. The molecule has 0 bridgehead atoms. The number of hydrogen-bond donors (Lipinski definition) is 1. The third-order valence-corrected chi connectivity index (χ3v) is 5.16. The summed E-state index contributed by atoms with van der Waals surface area (Å²) < 4.78 is 0. The van der Waals surface area contributed by atoms with Crippen LogP contribution >= 0.6 is 22.9 Å². The fraction of sp³-hybridized carbons (Fsp3) is 0.312. The molecule has 2 heterocycles. The molecule has 0 aliphatic carbocycles. The molecule has 0 spiro atoms.